The molecular weight excluding hydrogens is 280 g/mol. The molecule has 1 fully saturated rings. The molecule has 3 N–H and O–H groups in total. The Bertz CT molecular complexity index is 547. The zero-order chi connectivity index (χ0) is 14.8. The topological polar surface area (TPSA) is 104 Å². The third-order valence-electron chi connectivity index (χ3n) is 3.60. The van der Waals surface area contributed by atoms with Crippen LogP contribution >= 0.6 is 0 Å². The Hall–Kier alpha value is -1.29. The summed E-state index contributed by atoms with van der Waals surface area (Å²) in [6, 6.07) is 0.265. The summed E-state index contributed by atoms with van der Waals surface area (Å²) < 4.78 is 26.2. The summed E-state index contributed by atoms with van der Waals surface area (Å²) >= 11 is 0. The summed E-state index contributed by atoms with van der Waals surface area (Å²) in [7, 11) is 0.0350. The Morgan fingerprint density at radius 2 is 2.15 bits per heavy atom. The lowest BCUT2D eigenvalue weighted by atomic mass is 10.2. The minimum Gasteiger partial charge on any atom is -0.302 e. The molecule has 1 aromatic rings. The third-order valence-corrected chi connectivity index (χ3v) is 5.38. The predicted octanol–water partition coefficient (Wildman–Crippen LogP) is -0.523. The smallest absolute Gasteiger partial charge is 0.245 e. The summed E-state index contributed by atoms with van der Waals surface area (Å²) in [6.45, 7) is 1.48. The lowest BCUT2D eigenvalue weighted by Gasteiger charge is -2.25. The molecule has 0 saturated carbocycles. The van der Waals surface area contributed by atoms with E-state index in [1.54, 1.807) is 7.05 Å². The van der Waals surface area contributed by atoms with Crippen molar-refractivity contribution in [1.29, 1.82) is 0 Å². The van der Waals surface area contributed by atoms with Crippen LogP contribution < -0.4 is 11.3 Å². The van der Waals surface area contributed by atoms with Gasteiger partial charge in [-0.25, -0.2) is 24.2 Å². The molecule has 9 heteroatoms. The van der Waals surface area contributed by atoms with Gasteiger partial charge in [-0.2, -0.15) is 4.31 Å². The Labute approximate surface area is 119 Å². The third kappa shape index (κ3) is 3.06. The zero-order valence-electron chi connectivity index (χ0n) is 11.7. The number of likely N-dealkylation sites (tertiary alicyclic amines) is 1. The number of likely N-dealkylation sites (N-methyl/N-ethyl adjacent to an activating group) is 2. The Morgan fingerprint density at radius 3 is 2.65 bits per heavy atom. The normalized spacial score (nSPS) is 20.5. The second-order valence-corrected chi connectivity index (χ2v) is 6.99. The first-order chi connectivity index (χ1) is 9.45. The number of nitrogens with one attached hydrogen (secondary N) is 1. The Kier molecular flexibility index (Phi) is 4.53. The number of sulfonamides is 1. The first-order valence-corrected chi connectivity index (χ1v) is 7.84. The average Bonchev–Trinajstić information content (AvgIpc) is 2.84. The molecule has 1 unspecified atom stereocenters. The van der Waals surface area contributed by atoms with E-state index >= 15 is 0 Å². The molecule has 0 radical (unpaired) electrons. The molecule has 0 aliphatic carbocycles. The van der Waals surface area contributed by atoms with E-state index in [4.69, 9.17) is 5.84 Å². The van der Waals surface area contributed by atoms with Crippen molar-refractivity contribution in [2.24, 2.45) is 5.84 Å². The fraction of sp³-hybridized carbons (Fsp3) is 0.636. The lowest BCUT2D eigenvalue weighted by molar-refractivity contribution is 0.271. The average molecular weight is 300 g/mol. The van der Waals surface area contributed by atoms with E-state index in [1.807, 2.05) is 7.05 Å². The molecule has 1 aromatic heterocycles. The number of nitrogens with two attached hydrogens (primary N) is 1. The maximum atomic E-state index is 12.4. The van der Waals surface area contributed by atoms with E-state index in [9.17, 15) is 8.42 Å². The van der Waals surface area contributed by atoms with Gasteiger partial charge >= 0.3 is 0 Å². The van der Waals surface area contributed by atoms with Crippen LogP contribution in [-0.4, -0.2) is 60.8 Å². The van der Waals surface area contributed by atoms with E-state index < -0.39 is 10.0 Å². The van der Waals surface area contributed by atoms with E-state index in [1.165, 1.54) is 16.7 Å². The number of nitrogens with zero attached hydrogens (tertiary/aromatic N) is 4. The van der Waals surface area contributed by atoms with Gasteiger partial charge in [0, 0.05) is 19.6 Å². The maximum Gasteiger partial charge on any atom is 0.245 e. The highest BCUT2D eigenvalue weighted by atomic mass is 32.2. The van der Waals surface area contributed by atoms with Gasteiger partial charge in [0.2, 0.25) is 16.0 Å². The SMILES string of the molecule is CN1CCCC1CN(C)S(=O)(=O)c1cnc(NN)nc1. The summed E-state index contributed by atoms with van der Waals surface area (Å²) in [5, 5.41) is 0. The maximum absolute atomic E-state index is 12.4. The van der Waals surface area contributed by atoms with E-state index in [0.29, 0.717) is 6.54 Å². The lowest BCUT2D eigenvalue weighted by Crippen LogP contribution is -2.39. The van der Waals surface area contributed by atoms with Crippen LogP contribution in [0.1, 0.15) is 12.8 Å². The number of anilines is 1. The largest absolute Gasteiger partial charge is 0.302 e. The highest BCUT2D eigenvalue weighted by molar-refractivity contribution is 7.89. The fourth-order valence-electron chi connectivity index (χ4n) is 2.31. The summed E-state index contributed by atoms with van der Waals surface area (Å²) in [5.74, 6) is 5.34. The second kappa shape index (κ2) is 6.00. The van der Waals surface area contributed by atoms with Crippen LogP contribution in [0.25, 0.3) is 0 Å². The van der Waals surface area contributed by atoms with Crippen LogP contribution in [0, 0.1) is 0 Å². The molecule has 2 heterocycles. The number of hydrogen-bond acceptors (Lipinski definition) is 7. The number of hydrazine groups is 1. The van der Waals surface area contributed by atoms with Gasteiger partial charge in [-0.1, -0.05) is 0 Å². The Balaban J connectivity index is 2.11. The van der Waals surface area contributed by atoms with Crippen molar-refractivity contribution in [3.63, 3.8) is 0 Å². The molecule has 1 aliphatic rings. The molecule has 0 bridgehead atoms. The molecule has 1 saturated heterocycles. The van der Waals surface area contributed by atoms with E-state index in [-0.39, 0.29) is 16.9 Å². The molecule has 0 amide bonds. The van der Waals surface area contributed by atoms with Crippen molar-refractivity contribution in [2.75, 3.05) is 32.6 Å². The first-order valence-electron chi connectivity index (χ1n) is 6.40. The van der Waals surface area contributed by atoms with Crippen molar-refractivity contribution in [2.45, 2.75) is 23.8 Å². The summed E-state index contributed by atoms with van der Waals surface area (Å²) in [5.41, 5.74) is 2.26. The number of rotatable bonds is 5. The van der Waals surface area contributed by atoms with Gasteiger partial charge in [-0.3, -0.25) is 5.43 Å². The molecule has 8 nitrogen and oxygen atoms in total. The summed E-state index contributed by atoms with van der Waals surface area (Å²) in [6.07, 6.45) is 4.64. The molecule has 0 aromatic carbocycles. The van der Waals surface area contributed by atoms with Gasteiger partial charge in [-0.05, 0) is 26.4 Å². The van der Waals surface area contributed by atoms with Crippen LogP contribution in [0.5, 0.6) is 0 Å². The van der Waals surface area contributed by atoms with Crippen LogP contribution in [0.15, 0.2) is 17.3 Å². The van der Waals surface area contributed by atoms with Crippen LogP contribution in [-0.2, 0) is 10.0 Å². The molecule has 0 spiro atoms. The highest BCUT2D eigenvalue weighted by Gasteiger charge is 2.28. The van der Waals surface area contributed by atoms with Gasteiger partial charge in [-0.15, -0.1) is 0 Å². The molecule has 1 aliphatic heterocycles. The standard InChI is InChI=1S/C11H20N6O2S/c1-16-5-3-4-9(16)8-17(2)20(18,19)10-6-13-11(15-12)14-7-10/h6-7,9H,3-5,8,12H2,1-2H3,(H,13,14,15). The molecule has 20 heavy (non-hydrogen) atoms. The van der Waals surface area contributed by atoms with Crippen LogP contribution in [0.4, 0.5) is 5.95 Å². The predicted molar refractivity (Wildman–Crippen MR) is 75.3 cm³/mol. The van der Waals surface area contributed by atoms with Crippen molar-refractivity contribution < 1.29 is 8.42 Å². The monoisotopic (exact) mass is 300 g/mol. The zero-order valence-corrected chi connectivity index (χ0v) is 12.5. The van der Waals surface area contributed by atoms with Crippen molar-refractivity contribution in [3.8, 4) is 0 Å². The van der Waals surface area contributed by atoms with Gasteiger partial charge in [0.1, 0.15) is 4.90 Å². The van der Waals surface area contributed by atoms with Crippen molar-refractivity contribution in [1.82, 2.24) is 19.2 Å². The Morgan fingerprint density at radius 1 is 1.50 bits per heavy atom. The number of aromatic nitrogens is 2. The molecule has 1 atom stereocenters. The highest BCUT2D eigenvalue weighted by Crippen LogP contribution is 2.19. The minimum absolute atomic E-state index is 0.0691. The molecule has 2 rings (SSSR count). The summed E-state index contributed by atoms with van der Waals surface area (Å²) in [4.78, 5) is 9.91. The second-order valence-electron chi connectivity index (χ2n) is 4.95. The van der Waals surface area contributed by atoms with Gasteiger partial charge in [0.15, 0.2) is 0 Å². The fourth-order valence-corrected chi connectivity index (χ4v) is 3.41. The van der Waals surface area contributed by atoms with Gasteiger partial charge in [0.25, 0.3) is 0 Å². The first kappa shape index (κ1) is 15.1. The molecular formula is C11H20N6O2S. The van der Waals surface area contributed by atoms with Crippen LogP contribution in [0.2, 0.25) is 0 Å². The van der Waals surface area contributed by atoms with E-state index in [0.717, 1.165) is 19.4 Å². The number of nitrogen functional groups attached to an aromatic ring is 1. The molecule has 112 valence electrons. The van der Waals surface area contributed by atoms with E-state index in [2.05, 4.69) is 20.3 Å². The number of hydrogen-bond donors (Lipinski definition) is 2. The van der Waals surface area contributed by atoms with Gasteiger partial charge in [0.05, 0.1) is 12.4 Å². The van der Waals surface area contributed by atoms with Crippen LogP contribution in [0.3, 0.4) is 0 Å². The van der Waals surface area contributed by atoms with Gasteiger partial charge < -0.3 is 4.90 Å². The minimum atomic E-state index is -3.56. The van der Waals surface area contributed by atoms with Crippen molar-refractivity contribution >= 4 is 16.0 Å². The quantitative estimate of drug-likeness (QED) is 0.556. The van der Waals surface area contributed by atoms with Crippen molar-refractivity contribution in [3.05, 3.63) is 12.4 Å².